The molecule has 1 rings (SSSR count). The molecule has 1 heterocycles. The first kappa shape index (κ1) is 11.7. The predicted molar refractivity (Wildman–Crippen MR) is 60.5 cm³/mol. The maximum Gasteiger partial charge on any atom is 0.0737 e. The lowest BCUT2D eigenvalue weighted by Crippen LogP contribution is -2.43. The summed E-state index contributed by atoms with van der Waals surface area (Å²) in [7, 11) is 1.85. The van der Waals surface area contributed by atoms with Gasteiger partial charge in [0.05, 0.1) is 5.60 Å². The number of ether oxygens (including phenoxy) is 1. The SMILES string of the molecule is CCC/C=C/CC1(OC)CCNCC1. The number of methoxy groups -OCH3 is 1. The Morgan fingerprint density at radius 3 is 2.57 bits per heavy atom. The molecule has 82 valence electrons. The third-order valence-corrected chi connectivity index (χ3v) is 3.06. The van der Waals surface area contributed by atoms with Gasteiger partial charge in [-0.2, -0.15) is 0 Å². The van der Waals surface area contributed by atoms with E-state index in [1.54, 1.807) is 0 Å². The first-order valence-corrected chi connectivity index (χ1v) is 5.74. The zero-order valence-electron chi connectivity index (χ0n) is 9.51. The smallest absolute Gasteiger partial charge is 0.0737 e. The molecule has 0 atom stereocenters. The summed E-state index contributed by atoms with van der Waals surface area (Å²) >= 11 is 0. The fourth-order valence-electron chi connectivity index (χ4n) is 1.96. The van der Waals surface area contributed by atoms with Crippen molar-refractivity contribution in [2.45, 2.75) is 44.6 Å². The largest absolute Gasteiger partial charge is 0.378 e. The highest BCUT2D eigenvalue weighted by Crippen LogP contribution is 2.26. The van der Waals surface area contributed by atoms with E-state index in [0.29, 0.717) is 0 Å². The molecular weight excluding hydrogens is 174 g/mol. The molecule has 0 bridgehead atoms. The molecule has 0 saturated carbocycles. The number of hydrogen-bond acceptors (Lipinski definition) is 2. The van der Waals surface area contributed by atoms with Crippen molar-refractivity contribution < 1.29 is 4.74 Å². The minimum Gasteiger partial charge on any atom is -0.378 e. The maximum atomic E-state index is 5.67. The van der Waals surface area contributed by atoms with Crippen molar-refractivity contribution in [1.82, 2.24) is 5.32 Å². The van der Waals surface area contributed by atoms with Gasteiger partial charge in [0.15, 0.2) is 0 Å². The van der Waals surface area contributed by atoms with Crippen LogP contribution in [0.3, 0.4) is 0 Å². The molecule has 0 radical (unpaired) electrons. The highest BCUT2D eigenvalue weighted by molar-refractivity contribution is 4.95. The fourth-order valence-corrected chi connectivity index (χ4v) is 1.96. The van der Waals surface area contributed by atoms with Gasteiger partial charge in [-0.25, -0.2) is 0 Å². The highest BCUT2D eigenvalue weighted by atomic mass is 16.5. The molecule has 0 aliphatic carbocycles. The van der Waals surface area contributed by atoms with E-state index in [0.717, 1.165) is 32.4 Å². The number of nitrogens with one attached hydrogen (secondary N) is 1. The first-order chi connectivity index (χ1) is 6.83. The van der Waals surface area contributed by atoms with Crippen molar-refractivity contribution >= 4 is 0 Å². The molecule has 2 heteroatoms. The van der Waals surface area contributed by atoms with Crippen LogP contribution in [0.25, 0.3) is 0 Å². The van der Waals surface area contributed by atoms with Crippen molar-refractivity contribution in [2.75, 3.05) is 20.2 Å². The van der Waals surface area contributed by atoms with E-state index in [4.69, 9.17) is 4.74 Å². The van der Waals surface area contributed by atoms with E-state index in [1.165, 1.54) is 12.8 Å². The maximum absolute atomic E-state index is 5.67. The molecule has 1 fully saturated rings. The lowest BCUT2D eigenvalue weighted by molar-refractivity contribution is -0.0313. The second-order valence-corrected chi connectivity index (χ2v) is 4.10. The summed E-state index contributed by atoms with van der Waals surface area (Å²) < 4.78 is 5.67. The van der Waals surface area contributed by atoms with Gasteiger partial charge in [0.2, 0.25) is 0 Å². The normalized spacial score (nSPS) is 21.6. The molecule has 0 spiro atoms. The lowest BCUT2D eigenvalue weighted by Gasteiger charge is -2.35. The Morgan fingerprint density at radius 2 is 2.00 bits per heavy atom. The van der Waals surface area contributed by atoms with Crippen molar-refractivity contribution in [1.29, 1.82) is 0 Å². The summed E-state index contributed by atoms with van der Waals surface area (Å²) in [5, 5.41) is 3.37. The zero-order valence-corrected chi connectivity index (χ0v) is 9.51. The quantitative estimate of drug-likeness (QED) is 0.684. The van der Waals surface area contributed by atoms with E-state index >= 15 is 0 Å². The van der Waals surface area contributed by atoms with E-state index < -0.39 is 0 Å². The summed E-state index contributed by atoms with van der Waals surface area (Å²) in [6, 6.07) is 0. The molecule has 1 aliphatic rings. The minimum absolute atomic E-state index is 0.121. The van der Waals surface area contributed by atoms with Crippen LogP contribution in [0.1, 0.15) is 39.0 Å². The molecule has 1 N–H and O–H groups in total. The summed E-state index contributed by atoms with van der Waals surface area (Å²) in [5.41, 5.74) is 0.121. The van der Waals surface area contributed by atoms with Crippen LogP contribution in [0.5, 0.6) is 0 Å². The third kappa shape index (κ3) is 3.43. The van der Waals surface area contributed by atoms with E-state index in [2.05, 4.69) is 24.4 Å². The number of hydrogen-bond donors (Lipinski definition) is 1. The van der Waals surface area contributed by atoms with Gasteiger partial charge in [-0.1, -0.05) is 25.5 Å². The van der Waals surface area contributed by atoms with Crippen LogP contribution in [0, 0.1) is 0 Å². The summed E-state index contributed by atoms with van der Waals surface area (Å²) in [5.74, 6) is 0. The van der Waals surface area contributed by atoms with E-state index in [9.17, 15) is 0 Å². The van der Waals surface area contributed by atoms with Gasteiger partial charge in [-0.15, -0.1) is 0 Å². The van der Waals surface area contributed by atoms with Crippen LogP contribution >= 0.6 is 0 Å². The molecule has 0 amide bonds. The average Bonchev–Trinajstić information content (AvgIpc) is 2.26. The summed E-state index contributed by atoms with van der Waals surface area (Å²) in [4.78, 5) is 0. The first-order valence-electron chi connectivity index (χ1n) is 5.74. The standard InChI is InChI=1S/C12H23NO/c1-3-4-5-6-7-12(14-2)8-10-13-11-9-12/h5-6,13H,3-4,7-11H2,1-2H3/b6-5+. The third-order valence-electron chi connectivity index (χ3n) is 3.06. The van der Waals surface area contributed by atoms with Crippen LogP contribution < -0.4 is 5.32 Å². The van der Waals surface area contributed by atoms with Crippen molar-refractivity contribution in [3.63, 3.8) is 0 Å². The predicted octanol–water partition coefficient (Wildman–Crippen LogP) is 2.50. The Balaban J connectivity index is 2.35. The van der Waals surface area contributed by atoms with Gasteiger partial charge in [0.1, 0.15) is 0 Å². The number of unbranched alkanes of at least 4 members (excludes halogenated alkanes) is 1. The van der Waals surface area contributed by atoms with Crippen LogP contribution in [-0.4, -0.2) is 25.8 Å². The van der Waals surface area contributed by atoms with Gasteiger partial charge in [0.25, 0.3) is 0 Å². The molecule has 0 aromatic heterocycles. The van der Waals surface area contributed by atoms with Crippen molar-refractivity contribution in [3.05, 3.63) is 12.2 Å². The molecule has 14 heavy (non-hydrogen) atoms. The Kier molecular flexibility index (Phi) is 5.20. The van der Waals surface area contributed by atoms with E-state index in [-0.39, 0.29) is 5.60 Å². The fraction of sp³-hybridized carbons (Fsp3) is 0.833. The van der Waals surface area contributed by atoms with Crippen LogP contribution in [-0.2, 0) is 4.74 Å². The van der Waals surface area contributed by atoms with Crippen LogP contribution in [0.2, 0.25) is 0 Å². The second-order valence-electron chi connectivity index (χ2n) is 4.10. The number of rotatable bonds is 5. The summed E-state index contributed by atoms with van der Waals surface area (Å²) in [6.07, 6.45) is 10.3. The minimum atomic E-state index is 0.121. The topological polar surface area (TPSA) is 21.3 Å². The van der Waals surface area contributed by atoms with Gasteiger partial charge >= 0.3 is 0 Å². The number of allylic oxidation sites excluding steroid dienone is 1. The molecule has 0 aromatic carbocycles. The zero-order chi connectivity index (χ0) is 10.3. The van der Waals surface area contributed by atoms with Gasteiger partial charge in [0, 0.05) is 7.11 Å². The molecular formula is C12H23NO. The molecule has 2 nitrogen and oxygen atoms in total. The molecule has 0 aromatic rings. The average molecular weight is 197 g/mol. The Morgan fingerprint density at radius 1 is 1.29 bits per heavy atom. The Labute approximate surface area is 87.7 Å². The monoisotopic (exact) mass is 197 g/mol. The highest BCUT2D eigenvalue weighted by Gasteiger charge is 2.30. The summed E-state index contributed by atoms with van der Waals surface area (Å²) in [6.45, 7) is 4.39. The molecule has 1 aliphatic heterocycles. The molecule has 0 unspecified atom stereocenters. The Hall–Kier alpha value is -0.340. The number of piperidine rings is 1. The van der Waals surface area contributed by atoms with Gasteiger partial charge in [-0.05, 0) is 38.8 Å². The van der Waals surface area contributed by atoms with Crippen molar-refractivity contribution in [3.8, 4) is 0 Å². The van der Waals surface area contributed by atoms with Crippen LogP contribution in [0.15, 0.2) is 12.2 Å². The second kappa shape index (κ2) is 6.20. The van der Waals surface area contributed by atoms with Gasteiger partial charge in [-0.3, -0.25) is 0 Å². The lowest BCUT2D eigenvalue weighted by atomic mass is 9.88. The molecule has 1 saturated heterocycles. The van der Waals surface area contributed by atoms with Crippen molar-refractivity contribution in [2.24, 2.45) is 0 Å². The van der Waals surface area contributed by atoms with E-state index in [1.807, 2.05) is 7.11 Å². The Bertz CT molecular complexity index is 171. The van der Waals surface area contributed by atoms with Crippen LogP contribution in [0.4, 0.5) is 0 Å². The van der Waals surface area contributed by atoms with Gasteiger partial charge < -0.3 is 10.1 Å².